The first kappa shape index (κ1) is 8.64. The zero-order valence-electron chi connectivity index (χ0n) is 7.33. The summed E-state index contributed by atoms with van der Waals surface area (Å²) in [4.78, 5) is 0. The van der Waals surface area contributed by atoms with E-state index in [1.807, 2.05) is 12.1 Å². The van der Waals surface area contributed by atoms with Gasteiger partial charge in [0.25, 0.3) is 0 Å². The average molecular weight is 194 g/mol. The SMILES string of the molecule is Nc1c(Cl)cccc1C1C=CCC1. The van der Waals surface area contributed by atoms with E-state index in [0.717, 1.165) is 18.5 Å². The van der Waals surface area contributed by atoms with Crippen molar-refractivity contribution in [3.05, 3.63) is 40.9 Å². The van der Waals surface area contributed by atoms with Gasteiger partial charge in [-0.25, -0.2) is 0 Å². The molecule has 1 nitrogen and oxygen atoms in total. The number of anilines is 1. The van der Waals surface area contributed by atoms with Crippen molar-refractivity contribution in [1.82, 2.24) is 0 Å². The molecule has 2 rings (SSSR count). The highest BCUT2D eigenvalue weighted by atomic mass is 35.5. The van der Waals surface area contributed by atoms with Crippen LogP contribution in [0.4, 0.5) is 5.69 Å². The van der Waals surface area contributed by atoms with Crippen LogP contribution >= 0.6 is 11.6 Å². The fourth-order valence-electron chi connectivity index (χ4n) is 1.77. The van der Waals surface area contributed by atoms with Crippen molar-refractivity contribution in [2.45, 2.75) is 18.8 Å². The van der Waals surface area contributed by atoms with E-state index in [4.69, 9.17) is 17.3 Å². The van der Waals surface area contributed by atoms with Gasteiger partial charge in [0, 0.05) is 5.92 Å². The lowest BCUT2D eigenvalue weighted by molar-refractivity contribution is 0.803. The summed E-state index contributed by atoms with van der Waals surface area (Å²) in [6, 6.07) is 5.85. The standard InChI is InChI=1S/C11H12ClN/c12-10-7-3-6-9(11(10)13)8-4-1-2-5-8/h1,3-4,6-8H,2,5,13H2. The molecule has 0 radical (unpaired) electrons. The molecule has 0 heterocycles. The number of allylic oxidation sites excluding steroid dienone is 2. The maximum absolute atomic E-state index is 5.94. The molecule has 0 amide bonds. The minimum Gasteiger partial charge on any atom is -0.397 e. The van der Waals surface area contributed by atoms with Crippen LogP contribution in [0, 0.1) is 0 Å². The fourth-order valence-corrected chi connectivity index (χ4v) is 1.95. The van der Waals surface area contributed by atoms with E-state index in [1.165, 1.54) is 5.56 Å². The molecule has 1 aromatic rings. The Balaban J connectivity index is 2.39. The van der Waals surface area contributed by atoms with Crippen LogP contribution in [0.3, 0.4) is 0 Å². The van der Waals surface area contributed by atoms with Crippen LogP contribution in [0.5, 0.6) is 0 Å². The number of nitrogens with two attached hydrogens (primary N) is 1. The normalized spacial score (nSPS) is 20.8. The maximum Gasteiger partial charge on any atom is 0.0638 e. The summed E-state index contributed by atoms with van der Waals surface area (Å²) in [6.45, 7) is 0. The first-order valence-electron chi connectivity index (χ1n) is 4.49. The smallest absolute Gasteiger partial charge is 0.0638 e. The molecule has 0 aliphatic heterocycles. The molecule has 0 saturated heterocycles. The number of nitrogen functional groups attached to an aromatic ring is 1. The quantitative estimate of drug-likeness (QED) is 0.537. The Morgan fingerprint density at radius 2 is 2.23 bits per heavy atom. The van der Waals surface area contributed by atoms with Gasteiger partial charge in [0.2, 0.25) is 0 Å². The second-order valence-electron chi connectivity index (χ2n) is 3.35. The number of hydrogen-bond acceptors (Lipinski definition) is 1. The molecule has 0 fully saturated rings. The van der Waals surface area contributed by atoms with Crippen LogP contribution < -0.4 is 5.73 Å². The average Bonchev–Trinajstić information content (AvgIpc) is 2.62. The third-order valence-corrected chi connectivity index (χ3v) is 2.83. The van der Waals surface area contributed by atoms with Gasteiger partial charge in [0.15, 0.2) is 0 Å². The van der Waals surface area contributed by atoms with E-state index < -0.39 is 0 Å². The molecule has 1 atom stereocenters. The molecular formula is C11H12ClN. The van der Waals surface area contributed by atoms with E-state index in [1.54, 1.807) is 0 Å². The monoisotopic (exact) mass is 193 g/mol. The lowest BCUT2D eigenvalue weighted by atomic mass is 9.97. The van der Waals surface area contributed by atoms with E-state index in [2.05, 4.69) is 18.2 Å². The van der Waals surface area contributed by atoms with Crippen LogP contribution in [0.2, 0.25) is 5.02 Å². The summed E-state index contributed by atoms with van der Waals surface area (Å²) in [6.07, 6.45) is 6.72. The summed E-state index contributed by atoms with van der Waals surface area (Å²) < 4.78 is 0. The zero-order chi connectivity index (χ0) is 9.26. The second-order valence-corrected chi connectivity index (χ2v) is 3.76. The predicted octanol–water partition coefficient (Wildman–Crippen LogP) is 3.36. The lowest BCUT2D eigenvalue weighted by Gasteiger charge is -2.11. The number of para-hydroxylation sites is 1. The number of hydrogen-bond donors (Lipinski definition) is 1. The van der Waals surface area contributed by atoms with Gasteiger partial charge in [-0.3, -0.25) is 0 Å². The zero-order valence-corrected chi connectivity index (χ0v) is 8.09. The molecule has 0 aromatic heterocycles. The van der Waals surface area contributed by atoms with Gasteiger partial charge in [-0.15, -0.1) is 0 Å². The number of rotatable bonds is 1. The van der Waals surface area contributed by atoms with Crippen molar-refractivity contribution in [3.8, 4) is 0 Å². The second kappa shape index (κ2) is 3.43. The third-order valence-electron chi connectivity index (χ3n) is 2.50. The van der Waals surface area contributed by atoms with Gasteiger partial charge in [-0.1, -0.05) is 35.9 Å². The van der Waals surface area contributed by atoms with Crippen LogP contribution in [0.25, 0.3) is 0 Å². The Labute approximate surface area is 83.2 Å². The van der Waals surface area contributed by atoms with Crippen molar-refractivity contribution in [1.29, 1.82) is 0 Å². The minimum absolute atomic E-state index is 0.471. The van der Waals surface area contributed by atoms with Crippen molar-refractivity contribution < 1.29 is 0 Å². The first-order valence-corrected chi connectivity index (χ1v) is 4.87. The molecule has 68 valence electrons. The van der Waals surface area contributed by atoms with E-state index in [9.17, 15) is 0 Å². The molecule has 1 unspecified atom stereocenters. The highest BCUT2D eigenvalue weighted by molar-refractivity contribution is 6.33. The van der Waals surface area contributed by atoms with E-state index in [-0.39, 0.29) is 0 Å². The fraction of sp³-hybridized carbons (Fsp3) is 0.273. The molecule has 0 spiro atoms. The summed E-state index contributed by atoms with van der Waals surface area (Å²) in [5.74, 6) is 0.471. The lowest BCUT2D eigenvalue weighted by Crippen LogP contribution is -1.98. The molecule has 0 saturated carbocycles. The molecule has 1 aliphatic carbocycles. The van der Waals surface area contributed by atoms with Crippen LogP contribution in [-0.4, -0.2) is 0 Å². The molecule has 2 N–H and O–H groups in total. The van der Waals surface area contributed by atoms with Gasteiger partial charge < -0.3 is 5.73 Å². The minimum atomic E-state index is 0.471. The summed E-state index contributed by atoms with van der Waals surface area (Å²) in [7, 11) is 0. The Morgan fingerprint density at radius 1 is 1.38 bits per heavy atom. The Bertz CT molecular complexity index is 344. The van der Waals surface area contributed by atoms with E-state index >= 15 is 0 Å². The highest BCUT2D eigenvalue weighted by Gasteiger charge is 2.15. The third kappa shape index (κ3) is 1.56. The Hall–Kier alpha value is -0.950. The largest absolute Gasteiger partial charge is 0.397 e. The van der Waals surface area contributed by atoms with Gasteiger partial charge in [-0.2, -0.15) is 0 Å². The van der Waals surface area contributed by atoms with Gasteiger partial charge in [0.05, 0.1) is 10.7 Å². The van der Waals surface area contributed by atoms with Crippen molar-refractivity contribution in [2.24, 2.45) is 0 Å². The van der Waals surface area contributed by atoms with Crippen LogP contribution in [-0.2, 0) is 0 Å². The molecule has 0 bridgehead atoms. The van der Waals surface area contributed by atoms with Crippen molar-refractivity contribution >= 4 is 17.3 Å². The van der Waals surface area contributed by atoms with E-state index in [0.29, 0.717) is 10.9 Å². The van der Waals surface area contributed by atoms with Crippen LogP contribution in [0.1, 0.15) is 24.3 Å². The highest BCUT2D eigenvalue weighted by Crippen LogP contribution is 2.34. The predicted molar refractivity (Wildman–Crippen MR) is 57.0 cm³/mol. The summed E-state index contributed by atoms with van der Waals surface area (Å²) >= 11 is 5.94. The molecule has 1 aliphatic rings. The van der Waals surface area contributed by atoms with Crippen LogP contribution in [0.15, 0.2) is 30.4 Å². The topological polar surface area (TPSA) is 26.0 Å². The van der Waals surface area contributed by atoms with Crippen molar-refractivity contribution in [2.75, 3.05) is 5.73 Å². The molecule has 1 aromatic carbocycles. The van der Waals surface area contributed by atoms with Gasteiger partial charge >= 0.3 is 0 Å². The molecular weight excluding hydrogens is 182 g/mol. The Morgan fingerprint density at radius 3 is 2.92 bits per heavy atom. The number of halogens is 1. The Kier molecular flexibility index (Phi) is 2.28. The van der Waals surface area contributed by atoms with Gasteiger partial charge in [0.1, 0.15) is 0 Å². The summed E-state index contributed by atoms with van der Waals surface area (Å²) in [5, 5.41) is 0.665. The summed E-state index contributed by atoms with van der Waals surface area (Å²) in [5.41, 5.74) is 7.80. The first-order chi connectivity index (χ1) is 6.29. The molecule has 2 heteroatoms. The maximum atomic E-state index is 5.94. The molecule has 13 heavy (non-hydrogen) atoms. The number of benzene rings is 1. The van der Waals surface area contributed by atoms with Crippen molar-refractivity contribution in [3.63, 3.8) is 0 Å². The van der Waals surface area contributed by atoms with Gasteiger partial charge in [-0.05, 0) is 24.5 Å².